The Kier molecular flexibility index (Phi) is 8.64. The second-order valence-electron chi connectivity index (χ2n) is 5.57. The number of alkyl halides is 1. The van der Waals surface area contributed by atoms with Gasteiger partial charge in [-0.15, -0.1) is 0 Å². The van der Waals surface area contributed by atoms with Gasteiger partial charge in [-0.2, -0.15) is 0 Å². The van der Waals surface area contributed by atoms with Crippen molar-refractivity contribution in [3.63, 3.8) is 0 Å². The van der Waals surface area contributed by atoms with E-state index in [0.717, 1.165) is 11.8 Å². The van der Waals surface area contributed by atoms with E-state index < -0.39 is 0 Å². The van der Waals surface area contributed by atoms with Crippen LogP contribution in [0.25, 0.3) is 0 Å². The van der Waals surface area contributed by atoms with Crippen LogP contribution in [0.5, 0.6) is 0 Å². The normalized spacial score (nSPS) is 25.9. The molecule has 0 nitrogen and oxygen atoms in total. The molecule has 0 amide bonds. The van der Waals surface area contributed by atoms with Crippen LogP contribution >= 0.6 is 15.9 Å². The molecular weight excluding hydrogens is 260 g/mol. The summed E-state index contributed by atoms with van der Waals surface area (Å²) in [5.41, 5.74) is 0. The van der Waals surface area contributed by atoms with Crippen molar-refractivity contribution in [1.82, 2.24) is 0 Å². The first-order valence-corrected chi connectivity index (χ1v) is 8.55. The molecular formula is C15H29Br. The lowest BCUT2D eigenvalue weighted by atomic mass is 9.78. The van der Waals surface area contributed by atoms with Crippen LogP contribution in [0.4, 0.5) is 0 Å². The molecule has 0 aromatic carbocycles. The van der Waals surface area contributed by atoms with Crippen molar-refractivity contribution >= 4 is 15.9 Å². The predicted molar refractivity (Wildman–Crippen MR) is 77.2 cm³/mol. The van der Waals surface area contributed by atoms with E-state index in [0.29, 0.717) is 0 Å². The predicted octanol–water partition coefficient (Wildman–Crippen LogP) is 5.94. The number of rotatable bonds is 8. The van der Waals surface area contributed by atoms with Crippen LogP contribution in [0.2, 0.25) is 0 Å². The van der Waals surface area contributed by atoms with Crippen molar-refractivity contribution in [1.29, 1.82) is 0 Å². The zero-order valence-electron chi connectivity index (χ0n) is 11.0. The second-order valence-corrected chi connectivity index (χ2v) is 6.36. The van der Waals surface area contributed by atoms with E-state index in [2.05, 4.69) is 22.9 Å². The van der Waals surface area contributed by atoms with Gasteiger partial charge in [-0.25, -0.2) is 0 Å². The molecule has 0 bridgehead atoms. The minimum Gasteiger partial charge on any atom is -0.0928 e. The van der Waals surface area contributed by atoms with Crippen LogP contribution in [-0.4, -0.2) is 5.33 Å². The number of hydrogen-bond acceptors (Lipinski definition) is 0. The fourth-order valence-corrected chi connectivity index (χ4v) is 3.42. The smallest absolute Gasteiger partial charge is 0.00313 e. The van der Waals surface area contributed by atoms with Gasteiger partial charge >= 0.3 is 0 Å². The summed E-state index contributed by atoms with van der Waals surface area (Å²) in [6.07, 6.45) is 16.2. The van der Waals surface area contributed by atoms with Gasteiger partial charge in [0.2, 0.25) is 0 Å². The molecule has 1 heteroatoms. The van der Waals surface area contributed by atoms with Gasteiger partial charge < -0.3 is 0 Å². The molecule has 1 rings (SSSR count). The van der Waals surface area contributed by atoms with Crippen molar-refractivity contribution in [2.24, 2.45) is 11.8 Å². The minimum absolute atomic E-state index is 1.07. The Balaban J connectivity index is 2.00. The number of unbranched alkanes of at least 4 members (excludes halogenated alkanes) is 3. The number of halogens is 1. The second kappa shape index (κ2) is 9.50. The molecule has 0 heterocycles. The molecule has 1 fully saturated rings. The molecule has 1 aliphatic carbocycles. The first-order valence-electron chi connectivity index (χ1n) is 7.42. The van der Waals surface area contributed by atoms with Gasteiger partial charge in [0, 0.05) is 5.33 Å². The Bertz CT molecular complexity index is 130. The summed E-state index contributed by atoms with van der Waals surface area (Å²) < 4.78 is 0. The highest BCUT2D eigenvalue weighted by molar-refractivity contribution is 9.09. The topological polar surface area (TPSA) is 0 Å². The third kappa shape index (κ3) is 6.27. The standard InChI is InChI=1S/C15H29Br/c1-2-3-4-7-14-9-11-15(12-10-14)8-5-6-13-16/h14-15H,2-13H2,1H3/t14-,15-. The average molecular weight is 289 g/mol. The van der Waals surface area contributed by atoms with Crippen molar-refractivity contribution in [2.75, 3.05) is 5.33 Å². The Labute approximate surface area is 111 Å². The van der Waals surface area contributed by atoms with E-state index in [1.165, 1.54) is 76.0 Å². The van der Waals surface area contributed by atoms with Crippen LogP contribution in [-0.2, 0) is 0 Å². The molecule has 1 aliphatic rings. The van der Waals surface area contributed by atoms with Crippen LogP contribution in [0.1, 0.15) is 77.6 Å². The molecule has 16 heavy (non-hydrogen) atoms. The van der Waals surface area contributed by atoms with Crippen LogP contribution in [0.15, 0.2) is 0 Å². The van der Waals surface area contributed by atoms with Gasteiger partial charge in [-0.3, -0.25) is 0 Å². The Morgan fingerprint density at radius 1 is 0.812 bits per heavy atom. The van der Waals surface area contributed by atoms with Crippen molar-refractivity contribution in [3.05, 3.63) is 0 Å². The van der Waals surface area contributed by atoms with Crippen molar-refractivity contribution < 1.29 is 0 Å². The zero-order valence-corrected chi connectivity index (χ0v) is 12.6. The summed E-state index contributed by atoms with van der Waals surface area (Å²) in [5, 5.41) is 1.19. The highest BCUT2D eigenvalue weighted by atomic mass is 79.9. The molecule has 1 saturated carbocycles. The Hall–Kier alpha value is 0.480. The first kappa shape index (κ1) is 14.5. The van der Waals surface area contributed by atoms with Gasteiger partial charge in [0.1, 0.15) is 0 Å². The summed E-state index contributed by atoms with van der Waals surface area (Å²) in [7, 11) is 0. The van der Waals surface area contributed by atoms with E-state index in [9.17, 15) is 0 Å². The maximum atomic E-state index is 3.52. The molecule has 0 aromatic rings. The number of hydrogen-bond donors (Lipinski definition) is 0. The third-order valence-electron chi connectivity index (χ3n) is 4.18. The monoisotopic (exact) mass is 288 g/mol. The summed E-state index contributed by atoms with van der Waals surface area (Å²) in [6, 6.07) is 0. The van der Waals surface area contributed by atoms with Gasteiger partial charge in [0.25, 0.3) is 0 Å². The molecule has 0 radical (unpaired) electrons. The van der Waals surface area contributed by atoms with E-state index >= 15 is 0 Å². The lowest BCUT2D eigenvalue weighted by Gasteiger charge is -2.28. The molecule has 0 aliphatic heterocycles. The van der Waals surface area contributed by atoms with Gasteiger partial charge in [-0.1, -0.05) is 87.1 Å². The fourth-order valence-electron chi connectivity index (χ4n) is 3.02. The van der Waals surface area contributed by atoms with Crippen LogP contribution in [0, 0.1) is 11.8 Å². The van der Waals surface area contributed by atoms with E-state index in [1.807, 2.05) is 0 Å². The van der Waals surface area contributed by atoms with Gasteiger partial charge in [-0.05, 0) is 18.3 Å². The highest BCUT2D eigenvalue weighted by Crippen LogP contribution is 2.34. The molecule has 0 N–H and O–H groups in total. The fraction of sp³-hybridized carbons (Fsp3) is 1.00. The molecule has 96 valence electrons. The van der Waals surface area contributed by atoms with Gasteiger partial charge in [0.05, 0.1) is 0 Å². The zero-order chi connectivity index (χ0) is 11.6. The third-order valence-corrected chi connectivity index (χ3v) is 4.74. The van der Waals surface area contributed by atoms with Crippen molar-refractivity contribution in [3.8, 4) is 0 Å². The summed E-state index contributed by atoms with van der Waals surface area (Å²) in [5.74, 6) is 2.15. The van der Waals surface area contributed by atoms with E-state index in [4.69, 9.17) is 0 Å². The maximum Gasteiger partial charge on any atom is 0.00313 e. The quantitative estimate of drug-likeness (QED) is 0.383. The summed E-state index contributed by atoms with van der Waals surface area (Å²) >= 11 is 3.52. The van der Waals surface area contributed by atoms with Crippen molar-refractivity contribution in [2.45, 2.75) is 77.6 Å². The Morgan fingerprint density at radius 2 is 1.31 bits per heavy atom. The van der Waals surface area contributed by atoms with Crippen LogP contribution < -0.4 is 0 Å². The summed E-state index contributed by atoms with van der Waals surface area (Å²) in [6.45, 7) is 2.31. The molecule has 0 saturated heterocycles. The molecule has 0 aromatic heterocycles. The summed E-state index contributed by atoms with van der Waals surface area (Å²) in [4.78, 5) is 0. The van der Waals surface area contributed by atoms with Crippen LogP contribution in [0.3, 0.4) is 0 Å². The lowest BCUT2D eigenvalue weighted by molar-refractivity contribution is 0.246. The molecule has 0 spiro atoms. The molecule has 0 unspecified atom stereocenters. The highest BCUT2D eigenvalue weighted by Gasteiger charge is 2.20. The van der Waals surface area contributed by atoms with E-state index in [1.54, 1.807) is 0 Å². The van der Waals surface area contributed by atoms with Gasteiger partial charge in [0.15, 0.2) is 0 Å². The maximum absolute atomic E-state index is 3.52. The Morgan fingerprint density at radius 3 is 1.75 bits per heavy atom. The SMILES string of the molecule is CCCCC[C@H]1CC[C@H](CCCCBr)CC1. The molecule has 0 atom stereocenters. The first-order chi connectivity index (χ1) is 7.86. The lowest BCUT2D eigenvalue weighted by Crippen LogP contribution is -2.14. The average Bonchev–Trinajstić information content (AvgIpc) is 2.32. The minimum atomic E-state index is 1.07. The largest absolute Gasteiger partial charge is 0.0928 e. The van der Waals surface area contributed by atoms with E-state index in [-0.39, 0.29) is 0 Å².